The summed E-state index contributed by atoms with van der Waals surface area (Å²) in [6, 6.07) is 1.05. The second-order valence-corrected chi connectivity index (χ2v) is 26.5. The predicted molar refractivity (Wildman–Crippen MR) is 379 cm³/mol. The summed E-state index contributed by atoms with van der Waals surface area (Å²) < 4.78 is 1.89. The number of carboxylic acids is 1. The zero-order valence-corrected chi connectivity index (χ0v) is 59.9. The molecule has 14 amide bonds. The maximum Gasteiger partial charge on any atom is 0.326 e. The van der Waals surface area contributed by atoms with Crippen LogP contribution in [0.4, 0.5) is 0 Å². The molecule has 2 aliphatic rings. The molecule has 6 rings (SSSR count). The molecule has 0 unspecified atom stereocenters. The van der Waals surface area contributed by atoms with Gasteiger partial charge in [0, 0.05) is 49.5 Å². The van der Waals surface area contributed by atoms with E-state index in [0.29, 0.717) is 16.7 Å². The number of carbonyl (C=O) groups is 15. The summed E-state index contributed by atoms with van der Waals surface area (Å²) in [6.07, 6.45) is -7.48. The Morgan fingerprint density at radius 2 is 1.11 bits per heavy atom. The molecule has 0 spiro atoms. The number of aromatic nitrogens is 2. The Kier molecular flexibility index (Phi) is 32.9. The molecule has 108 heavy (non-hydrogen) atoms. The van der Waals surface area contributed by atoms with E-state index < -0.39 is 244 Å². The van der Waals surface area contributed by atoms with E-state index in [1.807, 2.05) is 5.32 Å². The maximum absolute atomic E-state index is 14.9. The van der Waals surface area contributed by atoms with Gasteiger partial charge in [-0.15, -0.1) is 0 Å². The van der Waals surface area contributed by atoms with Crippen molar-refractivity contribution in [2.75, 3.05) is 19.8 Å². The number of allylic oxidation sites excluding steroid dienone is 2. The van der Waals surface area contributed by atoms with E-state index in [4.69, 9.17) is 11.5 Å². The van der Waals surface area contributed by atoms with E-state index >= 15 is 0 Å². The number of nitrogens with zero attached hydrogens (tertiary/aromatic N) is 1. The van der Waals surface area contributed by atoms with Gasteiger partial charge in [0.25, 0.3) is 0 Å². The summed E-state index contributed by atoms with van der Waals surface area (Å²) in [5.41, 5.74) is 12.8. The number of nitrogens with one attached hydrogen (secondary N) is 13. The fraction of sp³-hybridized carbons (Fsp3) is 0.420. The Hall–Kier alpha value is -11.4. The van der Waals surface area contributed by atoms with E-state index in [9.17, 15) is 108 Å². The SMILES string of the molecule is CC(/C=C/c1ccc(Br)cc1)=C\[C@H](O)[C@@H]1CC(=O)N[C@@H](CO)C(=O)N[C@@H]2C[n+]3c[nH]c(c3)C[C@H](NC(=O)C[C@H](O)C[C@@H](C(=O)O)NC(=O)CCNC(=O)[C@H](Cc3ccccc3)NC(=O)[C@H]([C@@H](O)C(N)=O)NC(=O)[C@H](CC(N)=O)NC2=O)C(=O)N[C@@H]([C@H](C)O)C(=O)N[C@@H](CO)C(=O)N[C@@H](Cc2ccccc2)C(=O)N1. The number of hydrogen-bond donors (Lipinski definition) is 22. The Balaban J connectivity index is 1.49. The van der Waals surface area contributed by atoms with E-state index in [1.54, 1.807) is 91.9 Å². The largest absolute Gasteiger partial charge is 0.480 e. The summed E-state index contributed by atoms with van der Waals surface area (Å²) in [4.78, 5) is 212. The van der Waals surface area contributed by atoms with Gasteiger partial charge in [-0.1, -0.05) is 113 Å². The smallest absolute Gasteiger partial charge is 0.326 e. The maximum atomic E-state index is 14.9. The van der Waals surface area contributed by atoms with Crippen LogP contribution < -0.4 is 79.8 Å². The van der Waals surface area contributed by atoms with Crippen LogP contribution in [0.1, 0.15) is 68.3 Å². The summed E-state index contributed by atoms with van der Waals surface area (Å²) in [5.74, 6) is -20.0. The zero-order chi connectivity index (χ0) is 79.5. The highest BCUT2D eigenvalue weighted by Gasteiger charge is 2.41. The van der Waals surface area contributed by atoms with Crippen LogP contribution in [0.2, 0.25) is 0 Å². The minimum Gasteiger partial charge on any atom is -0.480 e. The lowest BCUT2D eigenvalue weighted by atomic mass is 10.0. The topological polar surface area (TPSA) is 614 Å². The number of imidazole rings is 1. The van der Waals surface area contributed by atoms with Gasteiger partial charge in [-0.3, -0.25) is 67.1 Å². The van der Waals surface area contributed by atoms with Gasteiger partial charge in [0.15, 0.2) is 6.10 Å². The van der Waals surface area contributed by atoms with Crippen molar-refractivity contribution in [2.45, 2.75) is 163 Å². The molecule has 2 aliphatic heterocycles. The van der Waals surface area contributed by atoms with Crippen molar-refractivity contribution < 1.29 is 112 Å². The number of aliphatic hydroxyl groups is 6. The van der Waals surface area contributed by atoms with Crippen molar-refractivity contribution >= 4 is 111 Å². The van der Waals surface area contributed by atoms with Gasteiger partial charge in [0.2, 0.25) is 89.0 Å². The minimum atomic E-state index is -2.64. The van der Waals surface area contributed by atoms with Gasteiger partial charge in [-0.25, -0.2) is 14.3 Å². The van der Waals surface area contributed by atoms with E-state index in [-0.39, 0.29) is 18.5 Å². The number of carbonyl (C=O) groups excluding carboxylic acids is 14. The van der Waals surface area contributed by atoms with Crippen LogP contribution in [0.25, 0.3) is 6.08 Å². The first-order valence-electron chi connectivity index (χ1n) is 33.8. The number of H-pyrrole nitrogens is 1. The molecule has 3 heterocycles. The van der Waals surface area contributed by atoms with Gasteiger partial charge in [0.1, 0.15) is 78.9 Å². The summed E-state index contributed by atoms with van der Waals surface area (Å²) in [7, 11) is 0. The van der Waals surface area contributed by atoms with Crippen molar-refractivity contribution in [3.63, 3.8) is 0 Å². The fourth-order valence-corrected chi connectivity index (χ4v) is 11.3. The second kappa shape index (κ2) is 41.5. The minimum absolute atomic E-state index is 0.0782. The molecular weight excluding hydrogens is 1480 g/mol. The van der Waals surface area contributed by atoms with Crippen molar-refractivity contribution in [2.24, 2.45) is 11.5 Å². The molecule has 24 N–H and O–H groups in total. The normalized spacial score (nSPS) is 25.5. The van der Waals surface area contributed by atoms with Crippen LogP contribution in [0.5, 0.6) is 0 Å². The lowest BCUT2D eigenvalue weighted by molar-refractivity contribution is -0.696. The molecule has 4 aromatic rings. The molecule has 1 aromatic heterocycles. The first-order valence-corrected chi connectivity index (χ1v) is 34.6. The number of benzene rings is 3. The second-order valence-electron chi connectivity index (χ2n) is 25.5. The van der Waals surface area contributed by atoms with Gasteiger partial charge in [-0.2, -0.15) is 0 Å². The summed E-state index contributed by atoms with van der Waals surface area (Å²) >= 11 is 3.37. The van der Waals surface area contributed by atoms with Crippen molar-refractivity contribution in [1.29, 1.82) is 0 Å². The first-order chi connectivity index (χ1) is 51.2. The van der Waals surface area contributed by atoms with Crippen LogP contribution in [0, 0.1) is 0 Å². The average Bonchev–Trinajstić information content (AvgIpc) is 1.20. The molecule has 4 bridgehead atoms. The predicted octanol–water partition coefficient (Wildman–Crippen LogP) is -8.32. The van der Waals surface area contributed by atoms with Gasteiger partial charge in [0.05, 0.1) is 50.4 Å². The fourth-order valence-electron chi connectivity index (χ4n) is 11.1. The highest BCUT2D eigenvalue weighted by molar-refractivity contribution is 9.10. The highest BCUT2D eigenvalue weighted by Crippen LogP contribution is 2.16. The lowest BCUT2D eigenvalue weighted by Crippen LogP contribution is -2.64. The number of aromatic amines is 1. The Morgan fingerprint density at radius 3 is 1.70 bits per heavy atom. The van der Waals surface area contributed by atoms with Crippen LogP contribution >= 0.6 is 15.9 Å². The van der Waals surface area contributed by atoms with Crippen LogP contribution in [0.15, 0.2) is 120 Å². The van der Waals surface area contributed by atoms with E-state index in [1.165, 1.54) is 18.2 Å². The molecule has 3 aromatic carbocycles. The van der Waals surface area contributed by atoms with E-state index in [0.717, 1.165) is 34.1 Å². The lowest BCUT2D eigenvalue weighted by Gasteiger charge is -2.28. The zero-order valence-electron chi connectivity index (χ0n) is 58.3. The van der Waals surface area contributed by atoms with Crippen LogP contribution in [-0.4, -0.2) is 240 Å². The monoisotopic (exact) mass is 1570 g/mol. The van der Waals surface area contributed by atoms with Gasteiger partial charge in [-0.05, 0) is 42.7 Å². The number of aliphatic carboxylic acids is 1. The number of primary amides is 2. The molecular formula is C69H88BrN16O22+. The molecule has 39 heteroatoms. The number of amides is 14. The third-order valence-corrected chi connectivity index (χ3v) is 17.3. The molecule has 15 atom stereocenters. The van der Waals surface area contributed by atoms with Gasteiger partial charge >= 0.3 is 5.97 Å². The Bertz CT molecular complexity index is 3960. The summed E-state index contributed by atoms with van der Waals surface area (Å²) in [5, 5.41) is 104. The molecule has 0 radical (unpaired) electrons. The highest BCUT2D eigenvalue weighted by atomic mass is 79.9. The average molecular weight is 1570 g/mol. The number of nitrogens with two attached hydrogens (primary N) is 2. The van der Waals surface area contributed by atoms with Crippen molar-refractivity contribution in [3.8, 4) is 0 Å². The number of aliphatic hydroxyl groups excluding tert-OH is 6. The standard InChI is InChI=1S/C69H87BrN16O22/c1-34(13-14-36-15-17-39(70)18-16-36)21-51(91)42-28-55(95)77-49(31-87)65(103)82-48-30-86-29-40(74-33-86)24-45(62(100)84-56(35(2)89)67(105)83-50(32-88)66(104)79-44(61(99)78-42)23-38-11-7-4-8-12-38)75-54(94)26-41(90)25-47(69(107)108)76-53(93)19-20-73-60(98)43(22-37-9-5-3-6-10-37)81-68(106)57(58(96)59(72)97)85-63(101)46(27-52(71)92)80-64(48)102/h3-18,21,29,33,35,41-51,56-58,87-91,96H,19-20,22-28,30-32H2,1-2H3,(H17,71,72,73,75,76,77,78,79,80,81,82,83,84,85,92,93,94,95,97,98,99,100,101,102,103,104,105,106,107,108)/p+1/b14-13+,34-21+/t35-,41+,42-,43-,44-,45-,46-,47-,48+,49-,50-,51-,56-,57-,58+/m0/s1. The molecule has 0 aliphatic carbocycles. The molecule has 0 fully saturated rings. The van der Waals surface area contributed by atoms with Crippen LogP contribution in [0.3, 0.4) is 0 Å². The van der Waals surface area contributed by atoms with Crippen molar-refractivity contribution in [3.05, 3.63) is 142 Å². The van der Waals surface area contributed by atoms with E-state index in [2.05, 4.69) is 79.4 Å². The number of fused-ring (bicyclic) bond motifs is 2. The Morgan fingerprint density at radius 1 is 0.583 bits per heavy atom. The first kappa shape index (κ1) is 85.6. The third kappa shape index (κ3) is 27.2. The molecule has 0 saturated carbocycles. The third-order valence-electron chi connectivity index (χ3n) is 16.8. The number of halogens is 1. The number of carboxylic acid groups (broad SMARTS) is 1. The van der Waals surface area contributed by atoms with Crippen LogP contribution in [-0.2, 0) is 97.7 Å². The molecule has 0 saturated heterocycles. The molecule has 582 valence electrons. The summed E-state index contributed by atoms with van der Waals surface area (Å²) in [6.45, 7) is -1.23. The number of hydrogen-bond acceptors (Lipinski definition) is 21. The van der Waals surface area contributed by atoms with Gasteiger partial charge < -0.3 is 111 Å². The molecule has 38 nitrogen and oxygen atoms in total. The quantitative estimate of drug-likeness (QED) is 0.0366. The Labute approximate surface area is 624 Å². The van der Waals surface area contributed by atoms with Crippen molar-refractivity contribution in [1.82, 2.24) is 68.8 Å². The number of rotatable bonds is 16.